The Bertz CT molecular complexity index is 317. The average molecular weight is 262 g/mol. The number of nitrogens with one attached hydrogen (secondary N) is 1. The van der Waals surface area contributed by atoms with E-state index in [1.807, 2.05) is 0 Å². The van der Waals surface area contributed by atoms with Crippen LogP contribution in [-0.2, 0) is 15.6 Å². The molecule has 0 aliphatic heterocycles. The van der Waals surface area contributed by atoms with Gasteiger partial charge < -0.3 is 15.3 Å². The first kappa shape index (κ1) is 14.0. The lowest BCUT2D eigenvalue weighted by atomic mass is 10.4. The number of carboxylic acids is 1. The van der Waals surface area contributed by atoms with Crippen LogP contribution in [-0.4, -0.2) is 57.4 Å². The van der Waals surface area contributed by atoms with Gasteiger partial charge in [-0.3, -0.25) is 9.00 Å². The molecule has 1 aliphatic carbocycles. The van der Waals surface area contributed by atoms with Crippen LogP contribution in [0.5, 0.6) is 0 Å². The number of nitrogens with zero attached hydrogens (tertiary/aromatic N) is 1. The summed E-state index contributed by atoms with van der Waals surface area (Å²) in [4.78, 5) is 23.8. The van der Waals surface area contributed by atoms with Gasteiger partial charge in [-0.2, -0.15) is 0 Å². The Balaban J connectivity index is 2.32. The molecule has 2 amide bonds. The summed E-state index contributed by atoms with van der Waals surface area (Å²) in [5, 5.41) is 11.3. The second kappa shape index (κ2) is 6.58. The Labute approximate surface area is 103 Å². The zero-order valence-corrected chi connectivity index (χ0v) is 10.7. The standard InChI is InChI=1S/C10H18N2O4S/c1-17(16)7-5-11-10(15)12(8-2-3-8)6-4-9(13)14/h8H,2-7H2,1H3,(H,11,15)(H,13,14). The number of aliphatic carboxylic acids is 1. The van der Waals surface area contributed by atoms with Crippen molar-refractivity contribution in [1.29, 1.82) is 0 Å². The van der Waals surface area contributed by atoms with Crippen molar-refractivity contribution in [3.05, 3.63) is 0 Å². The molecule has 1 unspecified atom stereocenters. The van der Waals surface area contributed by atoms with Crippen molar-refractivity contribution in [1.82, 2.24) is 10.2 Å². The smallest absolute Gasteiger partial charge is 0.317 e. The van der Waals surface area contributed by atoms with Crippen molar-refractivity contribution < 1.29 is 18.9 Å². The summed E-state index contributed by atoms with van der Waals surface area (Å²) in [5.74, 6) is -0.485. The van der Waals surface area contributed by atoms with Gasteiger partial charge in [-0.15, -0.1) is 0 Å². The molecule has 7 heteroatoms. The summed E-state index contributed by atoms with van der Waals surface area (Å²) in [6.45, 7) is 0.597. The van der Waals surface area contributed by atoms with Crippen LogP contribution in [0.4, 0.5) is 4.79 Å². The van der Waals surface area contributed by atoms with E-state index in [0.29, 0.717) is 12.3 Å². The Kier molecular flexibility index (Phi) is 5.40. The van der Waals surface area contributed by atoms with Crippen LogP contribution in [0, 0.1) is 0 Å². The van der Waals surface area contributed by atoms with Gasteiger partial charge in [0.15, 0.2) is 0 Å². The van der Waals surface area contributed by atoms with Crippen LogP contribution in [0.2, 0.25) is 0 Å². The maximum Gasteiger partial charge on any atom is 0.317 e. The lowest BCUT2D eigenvalue weighted by Crippen LogP contribution is -2.43. The molecular formula is C10H18N2O4S. The number of hydrogen-bond donors (Lipinski definition) is 2. The van der Waals surface area contributed by atoms with Crippen molar-refractivity contribution in [2.45, 2.75) is 25.3 Å². The number of urea groups is 1. The molecule has 0 spiro atoms. The normalized spacial score (nSPS) is 16.3. The highest BCUT2D eigenvalue weighted by Crippen LogP contribution is 2.26. The Morgan fingerprint density at radius 1 is 1.47 bits per heavy atom. The first-order chi connectivity index (χ1) is 8.00. The van der Waals surface area contributed by atoms with Gasteiger partial charge in [-0.05, 0) is 12.8 Å². The maximum absolute atomic E-state index is 11.7. The third kappa shape index (κ3) is 5.67. The van der Waals surface area contributed by atoms with Gasteiger partial charge in [0.25, 0.3) is 0 Å². The fourth-order valence-electron chi connectivity index (χ4n) is 1.46. The fourth-order valence-corrected chi connectivity index (χ4v) is 1.85. The van der Waals surface area contributed by atoms with E-state index in [9.17, 15) is 13.8 Å². The molecule has 0 aromatic rings. The molecule has 0 aromatic heterocycles. The lowest BCUT2D eigenvalue weighted by molar-refractivity contribution is -0.137. The Morgan fingerprint density at radius 3 is 2.59 bits per heavy atom. The van der Waals surface area contributed by atoms with Crippen LogP contribution >= 0.6 is 0 Å². The van der Waals surface area contributed by atoms with Crippen LogP contribution in [0.1, 0.15) is 19.3 Å². The van der Waals surface area contributed by atoms with E-state index in [2.05, 4.69) is 5.32 Å². The fraction of sp³-hybridized carbons (Fsp3) is 0.800. The molecule has 6 nitrogen and oxygen atoms in total. The predicted molar refractivity (Wildman–Crippen MR) is 64.3 cm³/mol. The first-order valence-electron chi connectivity index (χ1n) is 5.57. The third-order valence-electron chi connectivity index (χ3n) is 2.48. The summed E-state index contributed by atoms with van der Waals surface area (Å²) < 4.78 is 10.8. The van der Waals surface area contributed by atoms with Gasteiger partial charge in [0.1, 0.15) is 0 Å². The molecule has 0 aromatic carbocycles. The monoisotopic (exact) mass is 262 g/mol. The molecule has 2 N–H and O–H groups in total. The number of carbonyl (C=O) groups is 2. The van der Waals surface area contributed by atoms with Crippen molar-refractivity contribution in [2.75, 3.05) is 25.1 Å². The minimum absolute atomic E-state index is 0.0381. The summed E-state index contributed by atoms with van der Waals surface area (Å²) in [6, 6.07) is -0.0688. The van der Waals surface area contributed by atoms with Crippen molar-refractivity contribution in [2.24, 2.45) is 0 Å². The quantitative estimate of drug-likeness (QED) is 0.677. The third-order valence-corrected chi connectivity index (χ3v) is 3.26. The van der Waals surface area contributed by atoms with E-state index in [0.717, 1.165) is 12.8 Å². The molecule has 0 radical (unpaired) electrons. The first-order valence-corrected chi connectivity index (χ1v) is 7.29. The maximum atomic E-state index is 11.7. The molecular weight excluding hydrogens is 244 g/mol. The molecule has 0 heterocycles. The average Bonchev–Trinajstić information content (AvgIpc) is 3.01. The van der Waals surface area contributed by atoms with E-state index < -0.39 is 16.8 Å². The number of amides is 2. The molecule has 17 heavy (non-hydrogen) atoms. The van der Waals surface area contributed by atoms with Crippen molar-refractivity contribution in [3.8, 4) is 0 Å². The van der Waals surface area contributed by atoms with Gasteiger partial charge in [0.2, 0.25) is 0 Å². The Morgan fingerprint density at radius 2 is 2.12 bits per heavy atom. The van der Waals surface area contributed by atoms with Gasteiger partial charge in [-0.1, -0.05) is 0 Å². The van der Waals surface area contributed by atoms with Crippen LogP contribution in [0.15, 0.2) is 0 Å². The number of hydrogen-bond acceptors (Lipinski definition) is 3. The molecule has 1 rings (SSSR count). The van der Waals surface area contributed by atoms with Crippen molar-refractivity contribution in [3.63, 3.8) is 0 Å². The molecule has 0 bridgehead atoms. The highest BCUT2D eigenvalue weighted by Gasteiger charge is 2.32. The van der Waals surface area contributed by atoms with E-state index >= 15 is 0 Å². The van der Waals surface area contributed by atoms with Gasteiger partial charge >= 0.3 is 12.0 Å². The lowest BCUT2D eigenvalue weighted by Gasteiger charge is -2.21. The molecule has 1 atom stereocenters. The zero-order chi connectivity index (χ0) is 12.8. The van der Waals surface area contributed by atoms with Gasteiger partial charge in [0.05, 0.1) is 6.42 Å². The van der Waals surface area contributed by atoms with Crippen LogP contribution in [0.3, 0.4) is 0 Å². The highest BCUT2D eigenvalue weighted by molar-refractivity contribution is 7.84. The summed E-state index contributed by atoms with van der Waals surface area (Å²) >= 11 is 0. The minimum Gasteiger partial charge on any atom is -0.481 e. The van der Waals surface area contributed by atoms with Gasteiger partial charge in [0, 0.05) is 41.9 Å². The van der Waals surface area contributed by atoms with E-state index in [4.69, 9.17) is 5.11 Å². The van der Waals surface area contributed by atoms with Crippen molar-refractivity contribution >= 4 is 22.8 Å². The molecule has 98 valence electrons. The summed E-state index contributed by atoms with van der Waals surface area (Å²) in [5.41, 5.74) is 0. The predicted octanol–water partition coefficient (Wildman–Crippen LogP) is 0.0136. The van der Waals surface area contributed by atoms with Crippen LogP contribution < -0.4 is 5.32 Å². The summed E-state index contributed by atoms with van der Waals surface area (Å²) in [6.07, 6.45) is 3.42. The molecule has 0 saturated heterocycles. The Hall–Kier alpha value is -1.11. The topological polar surface area (TPSA) is 86.7 Å². The van der Waals surface area contributed by atoms with E-state index in [1.54, 1.807) is 11.2 Å². The number of carboxylic acid groups (broad SMARTS) is 1. The second-order valence-corrected chi connectivity index (χ2v) is 5.63. The molecule has 1 saturated carbocycles. The number of carbonyl (C=O) groups excluding carboxylic acids is 1. The second-order valence-electron chi connectivity index (χ2n) is 4.08. The minimum atomic E-state index is -0.929. The summed E-state index contributed by atoms with van der Waals surface area (Å²) in [7, 11) is -0.929. The van der Waals surface area contributed by atoms with Crippen LogP contribution in [0.25, 0.3) is 0 Å². The highest BCUT2D eigenvalue weighted by atomic mass is 32.2. The van der Waals surface area contributed by atoms with E-state index in [1.165, 1.54) is 0 Å². The number of rotatable bonds is 7. The molecule has 1 fully saturated rings. The SMILES string of the molecule is CS(=O)CCNC(=O)N(CCC(=O)O)C1CC1. The zero-order valence-electron chi connectivity index (χ0n) is 9.85. The largest absolute Gasteiger partial charge is 0.481 e. The van der Waals surface area contributed by atoms with E-state index in [-0.39, 0.29) is 25.0 Å². The van der Waals surface area contributed by atoms with Gasteiger partial charge in [-0.25, -0.2) is 4.79 Å². The molecule has 1 aliphatic rings.